The topological polar surface area (TPSA) is 91.9 Å². The van der Waals surface area contributed by atoms with Crippen molar-refractivity contribution >= 4 is 41.0 Å². The first kappa shape index (κ1) is 17.3. The monoisotopic (exact) mass is 396 g/mol. The van der Waals surface area contributed by atoms with Gasteiger partial charge in [-0.25, -0.2) is 9.79 Å². The zero-order chi connectivity index (χ0) is 19.3. The van der Waals surface area contributed by atoms with Gasteiger partial charge in [-0.3, -0.25) is 9.36 Å². The van der Waals surface area contributed by atoms with Gasteiger partial charge in [0.15, 0.2) is 3.95 Å². The Labute approximate surface area is 162 Å². The number of aromatic carboxylic acids is 1. The Morgan fingerprint density at radius 1 is 1.22 bits per heavy atom. The number of aromatic nitrogens is 1. The molecular weight excluding hydrogens is 384 g/mol. The third kappa shape index (κ3) is 2.70. The molecule has 0 bridgehead atoms. The lowest BCUT2D eigenvalue weighted by atomic mass is 10.1. The van der Waals surface area contributed by atoms with Crippen LogP contribution in [0.1, 0.15) is 20.8 Å². The van der Waals surface area contributed by atoms with E-state index in [9.17, 15) is 19.8 Å². The van der Waals surface area contributed by atoms with E-state index >= 15 is 0 Å². The summed E-state index contributed by atoms with van der Waals surface area (Å²) in [6.45, 7) is 1.79. The highest BCUT2D eigenvalue weighted by molar-refractivity contribution is 7.73. The number of aryl methyl sites for hydroxylation is 1. The van der Waals surface area contributed by atoms with Crippen LogP contribution >= 0.6 is 23.6 Å². The van der Waals surface area contributed by atoms with Crippen molar-refractivity contribution in [2.45, 2.75) is 6.92 Å². The van der Waals surface area contributed by atoms with Crippen molar-refractivity contribution in [2.75, 3.05) is 0 Å². The molecule has 1 aliphatic heterocycles. The van der Waals surface area contributed by atoms with Crippen LogP contribution in [-0.4, -0.2) is 26.7 Å². The average molecular weight is 396 g/mol. The highest BCUT2D eigenvalue weighted by Crippen LogP contribution is 2.35. The number of carboxylic acid groups (broad SMARTS) is 1. The van der Waals surface area contributed by atoms with Gasteiger partial charge < -0.3 is 10.2 Å². The maximum Gasteiger partial charge on any atom is 0.335 e. The summed E-state index contributed by atoms with van der Waals surface area (Å²) in [7, 11) is 0. The third-order valence-corrected chi connectivity index (χ3v) is 5.70. The van der Waals surface area contributed by atoms with Gasteiger partial charge in [0.25, 0.3) is 5.91 Å². The van der Waals surface area contributed by atoms with Crippen LogP contribution in [0.15, 0.2) is 47.5 Å². The normalized spacial score (nSPS) is 12.8. The SMILES string of the molecule is Cc1ccc(C(=O)O)cc1-n1c(O)c(C2=c3ccccc3=NC2=O)sc1=S. The highest BCUT2D eigenvalue weighted by Gasteiger charge is 2.26. The fourth-order valence-corrected chi connectivity index (χ4v) is 4.38. The molecule has 0 atom stereocenters. The van der Waals surface area contributed by atoms with Gasteiger partial charge in [-0.15, -0.1) is 11.3 Å². The number of benzene rings is 2. The molecule has 27 heavy (non-hydrogen) atoms. The molecule has 8 heteroatoms. The molecule has 2 N–H and O–H groups in total. The zero-order valence-electron chi connectivity index (χ0n) is 14.0. The number of carbonyl (C=O) groups is 2. The average Bonchev–Trinajstić information content (AvgIpc) is 3.10. The quantitative estimate of drug-likeness (QED) is 0.663. The first-order valence-electron chi connectivity index (χ1n) is 7.90. The number of rotatable bonds is 3. The molecule has 134 valence electrons. The Morgan fingerprint density at radius 3 is 2.70 bits per heavy atom. The number of para-hydroxylation sites is 1. The van der Waals surface area contributed by atoms with Crippen LogP contribution in [0.4, 0.5) is 0 Å². The maximum absolute atomic E-state index is 12.4. The van der Waals surface area contributed by atoms with Crippen molar-refractivity contribution in [3.63, 3.8) is 0 Å². The lowest BCUT2D eigenvalue weighted by Crippen LogP contribution is -2.22. The van der Waals surface area contributed by atoms with Crippen molar-refractivity contribution in [2.24, 2.45) is 4.99 Å². The van der Waals surface area contributed by atoms with Gasteiger partial charge in [0.2, 0.25) is 5.88 Å². The van der Waals surface area contributed by atoms with Gasteiger partial charge in [-0.05, 0) is 42.9 Å². The van der Waals surface area contributed by atoms with Crippen molar-refractivity contribution in [3.8, 4) is 11.6 Å². The summed E-state index contributed by atoms with van der Waals surface area (Å²) in [6, 6.07) is 11.7. The van der Waals surface area contributed by atoms with Crippen LogP contribution < -0.4 is 10.6 Å². The lowest BCUT2D eigenvalue weighted by molar-refractivity contribution is -0.112. The van der Waals surface area contributed by atoms with Gasteiger partial charge in [0.1, 0.15) is 4.88 Å². The Hall–Kier alpha value is -3.10. The van der Waals surface area contributed by atoms with Crippen molar-refractivity contribution in [1.82, 2.24) is 4.57 Å². The molecule has 1 amide bonds. The van der Waals surface area contributed by atoms with Crippen LogP contribution in [0.25, 0.3) is 11.3 Å². The van der Waals surface area contributed by atoms with E-state index in [4.69, 9.17) is 12.2 Å². The van der Waals surface area contributed by atoms with Gasteiger partial charge >= 0.3 is 5.97 Å². The van der Waals surface area contributed by atoms with Crippen LogP contribution in [0.5, 0.6) is 5.88 Å². The van der Waals surface area contributed by atoms with Crippen molar-refractivity contribution < 1.29 is 19.8 Å². The van der Waals surface area contributed by atoms with Crippen LogP contribution in [0.2, 0.25) is 0 Å². The molecular formula is C19H12N2O4S2. The van der Waals surface area contributed by atoms with Crippen LogP contribution in [0, 0.1) is 10.9 Å². The first-order chi connectivity index (χ1) is 12.9. The van der Waals surface area contributed by atoms with Gasteiger partial charge in [0, 0.05) is 5.22 Å². The minimum Gasteiger partial charge on any atom is -0.493 e. The highest BCUT2D eigenvalue weighted by atomic mass is 32.1. The smallest absolute Gasteiger partial charge is 0.335 e. The van der Waals surface area contributed by atoms with E-state index < -0.39 is 11.9 Å². The molecule has 0 spiro atoms. The number of thiazole rings is 1. The molecule has 2 aromatic carbocycles. The summed E-state index contributed by atoms with van der Waals surface area (Å²) in [4.78, 5) is 28.1. The predicted octanol–water partition coefficient (Wildman–Crippen LogP) is 2.34. The summed E-state index contributed by atoms with van der Waals surface area (Å²) >= 11 is 6.49. The number of aromatic hydroxyl groups is 1. The van der Waals surface area contributed by atoms with Crippen LogP contribution in [0.3, 0.4) is 0 Å². The molecule has 0 saturated heterocycles. The van der Waals surface area contributed by atoms with Crippen LogP contribution in [-0.2, 0) is 4.79 Å². The maximum atomic E-state index is 12.4. The van der Waals surface area contributed by atoms with E-state index in [1.807, 2.05) is 0 Å². The fourth-order valence-electron chi connectivity index (χ4n) is 3.01. The largest absolute Gasteiger partial charge is 0.493 e. The molecule has 1 aromatic heterocycles. The number of carboxylic acids is 1. The molecule has 3 aromatic rings. The van der Waals surface area contributed by atoms with E-state index in [0.717, 1.165) is 16.9 Å². The summed E-state index contributed by atoms with van der Waals surface area (Å²) in [5, 5.41) is 21.3. The predicted molar refractivity (Wildman–Crippen MR) is 103 cm³/mol. The summed E-state index contributed by atoms with van der Waals surface area (Å²) in [6.07, 6.45) is 0. The molecule has 4 rings (SSSR count). The first-order valence-corrected chi connectivity index (χ1v) is 9.13. The molecule has 1 aliphatic rings. The second kappa shape index (κ2) is 6.26. The molecule has 0 fully saturated rings. The number of nitrogens with zero attached hydrogens (tertiary/aromatic N) is 2. The Balaban J connectivity index is 2.00. The molecule has 2 heterocycles. The van der Waals surface area contributed by atoms with Crippen molar-refractivity contribution in [3.05, 3.63) is 73.0 Å². The number of fused-ring (bicyclic) bond motifs is 1. The fraction of sp³-hybridized carbons (Fsp3) is 0.0526. The summed E-state index contributed by atoms with van der Waals surface area (Å²) in [5.41, 5.74) is 1.57. The zero-order valence-corrected chi connectivity index (χ0v) is 15.6. The second-order valence-electron chi connectivity index (χ2n) is 5.97. The van der Waals surface area contributed by atoms with Gasteiger partial charge in [-0.2, -0.15) is 0 Å². The minimum atomic E-state index is -1.08. The van der Waals surface area contributed by atoms with Gasteiger partial charge in [0.05, 0.1) is 22.2 Å². The lowest BCUT2D eigenvalue weighted by Gasteiger charge is -2.10. The molecule has 0 aliphatic carbocycles. The number of amides is 1. The number of carbonyl (C=O) groups excluding carboxylic acids is 1. The van der Waals surface area contributed by atoms with E-state index in [0.29, 0.717) is 30.7 Å². The number of hydrogen-bond acceptors (Lipinski definition) is 5. The number of hydrogen-bond donors (Lipinski definition) is 2. The molecule has 0 radical (unpaired) electrons. The standard InChI is InChI=1S/C19H12N2O4S2/c1-9-6-7-10(18(24)25)8-13(9)21-17(23)15(27-19(21)26)14-11-4-2-3-5-12(11)20-16(14)22/h2-8,23H,1H3,(H,24,25). The molecule has 6 nitrogen and oxygen atoms in total. The van der Waals surface area contributed by atoms with E-state index in [1.165, 1.54) is 16.7 Å². The summed E-state index contributed by atoms with van der Waals surface area (Å²) < 4.78 is 1.69. The molecule has 0 saturated carbocycles. The Kier molecular flexibility index (Phi) is 4.01. The van der Waals surface area contributed by atoms with E-state index in [-0.39, 0.29) is 11.4 Å². The van der Waals surface area contributed by atoms with E-state index in [1.54, 1.807) is 37.3 Å². The Morgan fingerprint density at radius 2 is 1.96 bits per heavy atom. The van der Waals surface area contributed by atoms with Gasteiger partial charge in [-0.1, -0.05) is 24.3 Å². The Bertz CT molecular complexity index is 1320. The summed E-state index contributed by atoms with van der Waals surface area (Å²) in [5.74, 6) is -1.72. The minimum absolute atomic E-state index is 0.0783. The second-order valence-corrected chi connectivity index (χ2v) is 7.62. The van der Waals surface area contributed by atoms with E-state index in [2.05, 4.69) is 4.99 Å². The van der Waals surface area contributed by atoms with Crippen molar-refractivity contribution in [1.29, 1.82) is 0 Å². The molecule has 0 unspecified atom stereocenters. The third-order valence-electron chi connectivity index (χ3n) is 4.32.